The van der Waals surface area contributed by atoms with Crippen molar-refractivity contribution in [2.75, 3.05) is 5.73 Å². The molecule has 1 heterocycles. The number of aryl methyl sites for hydroxylation is 2. The van der Waals surface area contributed by atoms with E-state index in [9.17, 15) is 0 Å². The van der Waals surface area contributed by atoms with Crippen molar-refractivity contribution < 1.29 is 0 Å². The maximum absolute atomic E-state index is 5.39. The molecule has 0 bridgehead atoms. The molecule has 1 aromatic heterocycles. The van der Waals surface area contributed by atoms with E-state index in [1.807, 2.05) is 13.8 Å². The summed E-state index contributed by atoms with van der Waals surface area (Å²) in [5.41, 5.74) is 6.44. The molecule has 0 amide bonds. The molecule has 0 aromatic carbocycles. The number of rotatable bonds is 0. The van der Waals surface area contributed by atoms with E-state index in [0.29, 0.717) is 5.13 Å². The third-order valence-corrected chi connectivity index (χ3v) is 1.95. The van der Waals surface area contributed by atoms with Crippen LogP contribution >= 0.6 is 11.3 Å². The van der Waals surface area contributed by atoms with Crippen LogP contribution in [0.3, 0.4) is 0 Å². The Labute approximate surface area is 60.7 Å². The Balaban J connectivity index is 0.000000640. The molecule has 0 fully saturated rings. The molecule has 0 atom stereocenters. The molecular formula is C5H8BN2S. The van der Waals surface area contributed by atoms with E-state index in [4.69, 9.17) is 5.73 Å². The fourth-order valence-electron chi connectivity index (χ4n) is 0.498. The largest absolute Gasteiger partial charge is 0.375 e. The van der Waals surface area contributed by atoms with Crippen molar-refractivity contribution in [2.45, 2.75) is 13.8 Å². The van der Waals surface area contributed by atoms with E-state index in [-0.39, 0.29) is 8.41 Å². The van der Waals surface area contributed by atoms with Gasteiger partial charge in [-0.1, -0.05) is 0 Å². The third kappa shape index (κ3) is 1.71. The first-order chi connectivity index (χ1) is 3.70. The summed E-state index contributed by atoms with van der Waals surface area (Å²) in [4.78, 5) is 5.22. The topological polar surface area (TPSA) is 38.9 Å². The zero-order valence-electron chi connectivity index (χ0n) is 5.51. The molecule has 2 nitrogen and oxygen atoms in total. The molecular weight excluding hydrogens is 131 g/mol. The standard InChI is InChI=1S/C5H8N2S.B/c1-3-4(2)8-5(6)7-3;/h1-2H3,(H2,6,7);. The van der Waals surface area contributed by atoms with Crippen LogP contribution < -0.4 is 5.73 Å². The van der Waals surface area contributed by atoms with Crippen LogP contribution in [0.2, 0.25) is 0 Å². The van der Waals surface area contributed by atoms with Crippen molar-refractivity contribution in [3.63, 3.8) is 0 Å². The Morgan fingerprint density at radius 1 is 1.44 bits per heavy atom. The first-order valence-electron chi connectivity index (χ1n) is 2.39. The highest BCUT2D eigenvalue weighted by atomic mass is 32.1. The second kappa shape index (κ2) is 2.87. The molecule has 2 N–H and O–H groups in total. The number of hydrogen-bond donors (Lipinski definition) is 1. The van der Waals surface area contributed by atoms with Gasteiger partial charge in [-0.3, -0.25) is 0 Å². The minimum absolute atomic E-state index is 0. The molecule has 47 valence electrons. The molecule has 3 radical (unpaired) electrons. The van der Waals surface area contributed by atoms with Crippen LogP contribution in [0.5, 0.6) is 0 Å². The van der Waals surface area contributed by atoms with Gasteiger partial charge in [0.1, 0.15) is 0 Å². The van der Waals surface area contributed by atoms with E-state index in [0.717, 1.165) is 5.69 Å². The molecule has 0 saturated heterocycles. The van der Waals surface area contributed by atoms with Crippen LogP contribution in [-0.2, 0) is 0 Å². The van der Waals surface area contributed by atoms with E-state index in [1.165, 1.54) is 16.2 Å². The van der Waals surface area contributed by atoms with E-state index in [1.54, 1.807) is 0 Å². The van der Waals surface area contributed by atoms with Gasteiger partial charge >= 0.3 is 0 Å². The fourth-order valence-corrected chi connectivity index (χ4v) is 1.19. The zero-order chi connectivity index (χ0) is 6.15. The number of aromatic nitrogens is 1. The van der Waals surface area contributed by atoms with Gasteiger partial charge in [0.15, 0.2) is 5.13 Å². The lowest BCUT2D eigenvalue weighted by atomic mass is 10.4. The van der Waals surface area contributed by atoms with Crippen LogP contribution in [0.25, 0.3) is 0 Å². The van der Waals surface area contributed by atoms with Crippen molar-refractivity contribution in [2.24, 2.45) is 0 Å². The minimum atomic E-state index is 0. The summed E-state index contributed by atoms with van der Waals surface area (Å²) >= 11 is 1.54. The Hall–Kier alpha value is -0.505. The van der Waals surface area contributed by atoms with Crippen LogP contribution in [-0.4, -0.2) is 13.4 Å². The summed E-state index contributed by atoms with van der Waals surface area (Å²) in [6, 6.07) is 0. The quantitative estimate of drug-likeness (QED) is 0.543. The number of thiazole rings is 1. The van der Waals surface area contributed by atoms with Gasteiger partial charge in [0.05, 0.1) is 5.69 Å². The molecule has 0 aliphatic carbocycles. The van der Waals surface area contributed by atoms with Gasteiger partial charge in [-0.2, -0.15) is 0 Å². The zero-order valence-corrected chi connectivity index (χ0v) is 6.33. The normalized spacial score (nSPS) is 8.67. The highest BCUT2D eigenvalue weighted by Crippen LogP contribution is 2.16. The smallest absolute Gasteiger partial charge is 0.180 e. The number of nitrogens with two attached hydrogens (primary N) is 1. The molecule has 0 unspecified atom stereocenters. The molecule has 0 saturated carbocycles. The molecule has 0 aliphatic rings. The lowest BCUT2D eigenvalue weighted by Gasteiger charge is -1.77. The summed E-state index contributed by atoms with van der Waals surface area (Å²) in [7, 11) is 0. The van der Waals surface area contributed by atoms with Crippen LogP contribution in [0.15, 0.2) is 0 Å². The first kappa shape index (κ1) is 8.49. The lowest BCUT2D eigenvalue weighted by molar-refractivity contribution is 1.24. The molecule has 9 heavy (non-hydrogen) atoms. The van der Waals surface area contributed by atoms with Gasteiger partial charge in [0, 0.05) is 13.3 Å². The second-order valence-corrected chi connectivity index (χ2v) is 2.93. The van der Waals surface area contributed by atoms with E-state index < -0.39 is 0 Å². The predicted octanol–water partition coefficient (Wildman–Crippen LogP) is 0.961. The van der Waals surface area contributed by atoms with Gasteiger partial charge < -0.3 is 5.73 Å². The molecule has 4 heteroatoms. The van der Waals surface area contributed by atoms with Gasteiger partial charge in [-0.25, -0.2) is 4.98 Å². The lowest BCUT2D eigenvalue weighted by Crippen LogP contribution is -1.80. The molecule has 1 aromatic rings. The van der Waals surface area contributed by atoms with Crippen molar-refractivity contribution in [3.8, 4) is 0 Å². The maximum Gasteiger partial charge on any atom is 0.180 e. The van der Waals surface area contributed by atoms with Crippen molar-refractivity contribution in [1.82, 2.24) is 4.98 Å². The van der Waals surface area contributed by atoms with Crippen molar-refractivity contribution in [3.05, 3.63) is 10.6 Å². The maximum atomic E-state index is 5.39. The van der Waals surface area contributed by atoms with Gasteiger partial charge in [-0.05, 0) is 13.8 Å². The summed E-state index contributed by atoms with van der Waals surface area (Å²) in [6.07, 6.45) is 0. The monoisotopic (exact) mass is 139 g/mol. The number of nitrogen functional groups attached to an aromatic ring is 1. The van der Waals surface area contributed by atoms with Crippen LogP contribution in [0.4, 0.5) is 5.13 Å². The summed E-state index contributed by atoms with van der Waals surface area (Å²) in [5, 5.41) is 0.667. The summed E-state index contributed by atoms with van der Waals surface area (Å²) in [5.74, 6) is 0. The van der Waals surface area contributed by atoms with Gasteiger partial charge in [0.2, 0.25) is 0 Å². The number of nitrogens with zero attached hydrogens (tertiary/aromatic N) is 1. The molecule has 0 spiro atoms. The summed E-state index contributed by atoms with van der Waals surface area (Å²) in [6.45, 7) is 3.98. The summed E-state index contributed by atoms with van der Waals surface area (Å²) < 4.78 is 0. The number of hydrogen-bond acceptors (Lipinski definition) is 3. The average Bonchev–Trinajstić information content (AvgIpc) is 1.85. The Kier molecular flexibility index (Phi) is 2.71. The SMILES string of the molecule is Cc1nc(N)sc1C.[B]. The highest BCUT2D eigenvalue weighted by Gasteiger charge is 1.96. The fraction of sp³-hybridized carbons (Fsp3) is 0.400. The molecule has 1 rings (SSSR count). The van der Waals surface area contributed by atoms with Crippen molar-refractivity contribution in [1.29, 1.82) is 0 Å². The first-order valence-corrected chi connectivity index (χ1v) is 3.21. The minimum Gasteiger partial charge on any atom is -0.375 e. The van der Waals surface area contributed by atoms with Crippen molar-refractivity contribution >= 4 is 24.9 Å². The Morgan fingerprint density at radius 3 is 2.11 bits per heavy atom. The van der Waals surface area contributed by atoms with Crippen LogP contribution in [0, 0.1) is 13.8 Å². The third-order valence-electron chi connectivity index (χ3n) is 1.05. The van der Waals surface area contributed by atoms with Gasteiger partial charge in [-0.15, -0.1) is 11.3 Å². The number of anilines is 1. The Bertz CT molecular complexity index is 177. The molecule has 0 aliphatic heterocycles. The van der Waals surface area contributed by atoms with Crippen LogP contribution in [0.1, 0.15) is 10.6 Å². The second-order valence-electron chi connectivity index (χ2n) is 1.69. The Morgan fingerprint density at radius 2 is 2.00 bits per heavy atom. The van der Waals surface area contributed by atoms with E-state index in [2.05, 4.69) is 4.98 Å². The van der Waals surface area contributed by atoms with Gasteiger partial charge in [0.25, 0.3) is 0 Å². The predicted molar refractivity (Wildman–Crippen MR) is 41.8 cm³/mol. The average molecular weight is 139 g/mol. The van der Waals surface area contributed by atoms with E-state index >= 15 is 0 Å². The highest BCUT2D eigenvalue weighted by molar-refractivity contribution is 7.15.